The van der Waals surface area contributed by atoms with E-state index in [4.69, 9.17) is 17.3 Å². The van der Waals surface area contributed by atoms with Gasteiger partial charge in [0.05, 0.1) is 5.52 Å². The van der Waals surface area contributed by atoms with Crippen molar-refractivity contribution >= 4 is 40.7 Å². The molecule has 3 rings (SSSR count). The first-order valence-electron chi connectivity index (χ1n) is 6.07. The van der Waals surface area contributed by atoms with Crippen LogP contribution in [0.3, 0.4) is 0 Å². The highest BCUT2D eigenvalue weighted by molar-refractivity contribution is 6.32. The van der Waals surface area contributed by atoms with E-state index in [9.17, 15) is 0 Å². The summed E-state index contributed by atoms with van der Waals surface area (Å²) < 4.78 is 0. The molecular weight excluding hydrogens is 291 g/mol. The molecule has 0 aliphatic carbocycles. The van der Waals surface area contributed by atoms with E-state index in [-0.39, 0.29) is 12.4 Å². The fourth-order valence-corrected chi connectivity index (χ4v) is 2.37. The number of rotatable bonds is 1. The number of nitrogens with zero attached hydrogens (tertiary/aromatic N) is 1. The van der Waals surface area contributed by atoms with E-state index >= 15 is 0 Å². The molecule has 0 unspecified atom stereocenters. The number of aromatic nitrogens is 1. The molecule has 2 aromatic carbocycles. The maximum absolute atomic E-state index is 6.12. The van der Waals surface area contributed by atoms with Gasteiger partial charge in [0.25, 0.3) is 0 Å². The molecule has 0 fully saturated rings. The summed E-state index contributed by atoms with van der Waals surface area (Å²) in [4.78, 5) is 4.51. The first-order chi connectivity index (χ1) is 9.16. The molecule has 0 bridgehead atoms. The molecule has 2 N–H and O–H groups in total. The summed E-state index contributed by atoms with van der Waals surface area (Å²) in [5.41, 5.74) is 9.94. The van der Waals surface area contributed by atoms with Crippen LogP contribution < -0.4 is 5.73 Å². The van der Waals surface area contributed by atoms with Gasteiger partial charge in [-0.2, -0.15) is 0 Å². The highest BCUT2D eigenvalue weighted by Gasteiger charge is 2.09. The zero-order chi connectivity index (χ0) is 13.4. The summed E-state index contributed by atoms with van der Waals surface area (Å²) in [6.45, 7) is 1.96. The third-order valence-electron chi connectivity index (χ3n) is 3.29. The smallest absolute Gasteiger partial charge is 0.132 e. The first kappa shape index (κ1) is 14.6. The number of fused-ring (bicyclic) bond motifs is 1. The predicted molar refractivity (Wildman–Crippen MR) is 88.6 cm³/mol. The van der Waals surface area contributed by atoms with Gasteiger partial charge >= 0.3 is 0 Å². The summed E-state index contributed by atoms with van der Waals surface area (Å²) in [5, 5.41) is 1.77. The molecule has 0 saturated heterocycles. The fraction of sp³-hybridized carbons (Fsp3) is 0.0625. The minimum absolute atomic E-state index is 0. The van der Waals surface area contributed by atoms with E-state index in [0.717, 1.165) is 27.6 Å². The Kier molecular flexibility index (Phi) is 4.17. The van der Waals surface area contributed by atoms with Crippen LogP contribution in [-0.2, 0) is 0 Å². The van der Waals surface area contributed by atoms with Gasteiger partial charge in [0.2, 0.25) is 0 Å². The lowest BCUT2D eigenvalue weighted by Crippen LogP contribution is -1.96. The first-order valence-corrected chi connectivity index (χ1v) is 6.45. The van der Waals surface area contributed by atoms with Crippen LogP contribution in [0.2, 0.25) is 5.02 Å². The molecule has 0 radical (unpaired) electrons. The zero-order valence-electron chi connectivity index (χ0n) is 10.9. The fourth-order valence-electron chi connectivity index (χ4n) is 2.22. The third-order valence-corrected chi connectivity index (χ3v) is 3.70. The Balaban J connectivity index is 0.00000147. The van der Waals surface area contributed by atoms with Gasteiger partial charge in [-0.25, -0.2) is 4.98 Å². The highest BCUT2D eigenvalue weighted by atomic mass is 35.5. The lowest BCUT2D eigenvalue weighted by Gasteiger charge is -2.09. The van der Waals surface area contributed by atoms with Gasteiger partial charge in [-0.05, 0) is 30.2 Å². The van der Waals surface area contributed by atoms with Crippen LogP contribution in [0.15, 0.2) is 48.5 Å². The highest BCUT2D eigenvalue weighted by Crippen LogP contribution is 2.31. The molecule has 0 amide bonds. The Morgan fingerprint density at radius 1 is 1.05 bits per heavy atom. The van der Waals surface area contributed by atoms with Crippen molar-refractivity contribution in [3.63, 3.8) is 0 Å². The van der Waals surface area contributed by atoms with Crippen molar-refractivity contribution in [1.82, 2.24) is 4.98 Å². The Hall–Kier alpha value is -1.77. The second-order valence-corrected chi connectivity index (χ2v) is 4.94. The van der Waals surface area contributed by atoms with Gasteiger partial charge in [-0.3, -0.25) is 0 Å². The summed E-state index contributed by atoms with van der Waals surface area (Å²) in [6.07, 6.45) is 0. The second-order valence-electron chi connectivity index (χ2n) is 4.53. The summed E-state index contributed by atoms with van der Waals surface area (Å²) >= 11 is 6.12. The standard InChI is InChI=1S/C16H13ClN2.ClH/c1-10-14(17)8-7-12-9-13(16(18)19-15(10)12)11-5-3-2-4-6-11;/h2-9H,1H3,(H2,18,19);1H. The summed E-state index contributed by atoms with van der Waals surface area (Å²) in [6, 6.07) is 16.0. The number of halogens is 2. The predicted octanol–water partition coefficient (Wildman–Crippen LogP) is 4.87. The SMILES string of the molecule is Cc1c(Cl)ccc2cc(-c3ccccc3)c(N)nc12.Cl. The number of pyridine rings is 1. The van der Waals surface area contributed by atoms with Crippen molar-refractivity contribution in [2.75, 3.05) is 5.73 Å². The molecule has 1 aromatic heterocycles. The van der Waals surface area contributed by atoms with Crippen molar-refractivity contribution in [3.8, 4) is 11.1 Å². The maximum atomic E-state index is 6.12. The molecule has 4 heteroatoms. The zero-order valence-corrected chi connectivity index (χ0v) is 12.5. The minimum atomic E-state index is 0. The van der Waals surface area contributed by atoms with E-state index in [1.165, 1.54) is 0 Å². The average molecular weight is 305 g/mol. The monoisotopic (exact) mass is 304 g/mol. The molecule has 1 heterocycles. The van der Waals surface area contributed by atoms with Crippen LogP contribution >= 0.6 is 24.0 Å². The molecule has 2 nitrogen and oxygen atoms in total. The number of benzene rings is 2. The number of hydrogen-bond acceptors (Lipinski definition) is 2. The Morgan fingerprint density at radius 2 is 1.75 bits per heavy atom. The maximum Gasteiger partial charge on any atom is 0.132 e. The van der Waals surface area contributed by atoms with E-state index in [1.54, 1.807) is 0 Å². The minimum Gasteiger partial charge on any atom is -0.383 e. The molecule has 0 atom stereocenters. The molecule has 0 saturated carbocycles. The van der Waals surface area contributed by atoms with E-state index < -0.39 is 0 Å². The van der Waals surface area contributed by atoms with Crippen molar-refractivity contribution in [3.05, 3.63) is 59.1 Å². The Bertz CT molecular complexity index is 755. The normalized spacial score (nSPS) is 10.3. The number of hydrogen-bond donors (Lipinski definition) is 1. The topological polar surface area (TPSA) is 38.9 Å². The van der Waals surface area contributed by atoms with Gasteiger partial charge in [-0.15, -0.1) is 12.4 Å². The molecular formula is C16H14Cl2N2. The number of nitrogens with two attached hydrogens (primary N) is 1. The molecule has 3 aromatic rings. The van der Waals surface area contributed by atoms with Crippen molar-refractivity contribution in [2.24, 2.45) is 0 Å². The molecule has 20 heavy (non-hydrogen) atoms. The Morgan fingerprint density at radius 3 is 2.45 bits per heavy atom. The van der Waals surface area contributed by atoms with E-state index in [2.05, 4.69) is 11.1 Å². The van der Waals surface area contributed by atoms with Crippen molar-refractivity contribution in [2.45, 2.75) is 6.92 Å². The summed E-state index contributed by atoms with van der Waals surface area (Å²) in [5.74, 6) is 0.532. The second kappa shape index (κ2) is 5.70. The summed E-state index contributed by atoms with van der Waals surface area (Å²) in [7, 11) is 0. The van der Waals surface area contributed by atoms with Crippen LogP contribution in [0.5, 0.6) is 0 Å². The van der Waals surface area contributed by atoms with E-state index in [0.29, 0.717) is 10.8 Å². The quantitative estimate of drug-likeness (QED) is 0.696. The number of anilines is 1. The third kappa shape index (κ3) is 2.45. The van der Waals surface area contributed by atoms with E-state index in [1.807, 2.05) is 49.4 Å². The molecule has 0 aliphatic rings. The molecule has 102 valence electrons. The average Bonchev–Trinajstić information content (AvgIpc) is 2.44. The lowest BCUT2D eigenvalue weighted by atomic mass is 10.0. The number of nitrogen functional groups attached to an aromatic ring is 1. The molecule has 0 aliphatic heterocycles. The Labute approximate surface area is 129 Å². The van der Waals surface area contributed by atoms with Gasteiger partial charge in [0.1, 0.15) is 5.82 Å². The van der Waals surface area contributed by atoms with Gasteiger partial charge in [0, 0.05) is 16.0 Å². The van der Waals surface area contributed by atoms with Crippen molar-refractivity contribution < 1.29 is 0 Å². The van der Waals surface area contributed by atoms with Crippen LogP contribution in [-0.4, -0.2) is 4.98 Å². The van der Waals surface area contributed by atoms with Gasteiger partial charge < -0.3 is 5.73 Å². The largest absolute Gasteiger partial charge is 0.383 e. The van der Waals surface area contributed by atoms with Gasteiger partial charge in [-0.1, -0.05) is 48.0 Å². The van der Waals surface area contributed by atoms with Crippen LogP contribution in [0, 0.1) is 6.92 Å². The molecule has 0 spiro atoms. The number of aryl methyl sites for hydroxylation is 1. The van der Waals surface area contributed by atoms with Crippen LogP contribution in [0.25, 0.3) is 22.0 Å². The van der Waals surface area contributed by atoms with Crippen molar-refractivity contribution in [1.29, 1.82) is 0 Å². The van der Waals surface area contributed by atoms with Crippen LogP contribution in [0.4, 0.5) is 5.82 Å². The van der Waals surface area contributed by atoms with Crippen LogP contribution in [0.1, 0.15) is 5.56 Å². The lowest BCUT2D eigenvalue weighted by molar-refractivity contribution is 1.37. The van der Waals surface area contributed by atoms with Gasteiger partial charge in [0.15, 0.2) is 0 Å².